The number of carbonyl (C=O) groups is 1. The van der Waals surface area contributed by atoms with E-state index in [0.717, 1.165) is 24.4 Å². The first-order valence-electron chi connectivity index (χ1n) is 6.02. The molecule has 0 aliphatic carbocycles. The van der Waals surface area contributed by atoms with Gasteiger partial charge in [-0.1, -0.05) is 0 Å². The molecule has 0 spiro atoms. The standard InChI is InChI=1S/C13H18N2OS/c1-2-15-12-5-4-11(17-8-7-14)9-10(12)3-6-13(15)16/h4-5,9H,2-3,6-8,14H2,1H3. The molecule has 0 bridgehead atoms. The molecule has 1 aromatic rings. The third kappa shape index (κ3) is 2.64. The van der Waals surface area contributed by atoms with Crippen LogP contribution in [0.2, 0.25) is 0 Å². The summed E-state index contributed by atoms with van der Waals surface area (Å²) in [5.41, 5.74) is 7.87. The van der Waals surface area contributed by atoms with Crippen LogP contribution in [0.15, 0.2) is 23.1 Å². The number of amides is 1. The Morgan fingerprint density at radius 3 is 2.94 bits per heavy atom. The summed E-state index contributed by atoms with van der Waals surface area (Å²) in [6.45, 7) is 3.46. The molecule has 0 unspecified atom stereocenters. The van der Waals surface area contributed by atoms with Gasteiger partial charge in [0.05, 0.1) is 0 Å². The van der Waals surface area contributed by atoms with Gasteiger partial charge in [-0.25, -0.2) is 0 Å². The summed E-state index contributed by atoms with van der Waals surface area (Å²) in [6, 6.07) is 6.35. The molecular formula is C13H18N2OS. The number of nitrogens with zero attached hydrogens (tertiary/aromatic N) is 1. The zero-order valence-electron chi connectivity index (χ0n) is 10.1. The van der Waals surface area contributed by atoms with Gasteiger partial charge < -0.3 is 10.6 Å². The molecule has 0 aromatic heterocycles. The lowest BCUT2D eigenvalue weighted by atomic mass is 10.0. The number of thioether (sulfide) groups is 1. The van der Waals surface area contributed by atoms with Crippen LogP contribution in [0.4, 0.5) is 5.69 Å². The smallest absolute Gasteiger partial charge is 0.227 e. The first-order valence-corrected chi connectivity index (χ1v) is 7.01. The predicted molar refractivity (Wildman–Crippen MR) is 72.6 cm³/mol. The molecule has 0 radical (unpaired) electrons. The molecule has 1 heterocycles. The molecule has 0 saturated carbocycles. The number of hydrogen-bond donors (Lipinski definition) is 1. The van der Waals surface area contributed by atoms with Crippen LogP contribution < -0.4 is 10.6 Å². The fourth-order valence-corrected chi connectivity index (χ4v) is 2.89. The normalized spacial score (nSPS) is 14.9. The number of nitrogens with two attached hydrogens (primary N) is 1. The summed E-state index contributed by atoms with van der Waals surface area (Å²) in [4.78, 5) is 14.9. The Morgan fingerprint density at radius 2 is 2.24 bits per heavy atom. The maximum absolute atomic E-state index is 11.7. The predicted octanol–water partition coefficient (Wildman–Crippen LogP) is 2.04. The third-order valence-electron chi connectivity index (χ3n) is 2.95. The molecule has 2 N–H and O–H groups in total. The summed E-state index contributed by atoms with van der Waals surface area (Å²) in [7, 11) is 0. The van der Waals surface area contributed by atoms with Crippen molar-refractivity contribution in [1.29, 1.82) is 0 Å². The molecule has 0 atom stereocenters. The van der Waals surface area contributed by atoms with Gasteiger partial charge in [-0.3, -0.25) is 4.79 Å². The van der Waals surface area contributed by atoms with E-state index < -0.39 is 0 Å². The van der Waals surface area contributed by atoms with Crippen molar-refractivity contribution in [3.63, 3.8) is 0 Å². The molecule has 1 amide bonds. The highest BCUT2D eigenvalue weighted by atomic mass is 32.2. The number of benzene rings is 1. The van der Waals surface area contributed by atoms with Gasteiger partial charge in [0.15, 0.2) is 0 Å². The van der Waals surface area contributed by atoms with Crippen LogP contribution in [0.5, 0.6) is 0 Å². The lowest BCUT2D eigenvalue weighted by Gasteiger charge is -2.28. The highest BCUT2D eigenvalue weighted by Gasteiger charge is 2.22. The summed E-state index contributed by atoms with van der Waals surface area (Å²) in [5.74, 6) is 1.18. The molecule has 1 aliphatic rings. The van der Waals surface area contributed by atoms with Gasteiger partial charge in [0.1, 0.15) is 0 Å². The molecular weight excluding hydrogens is 232 g/mol. The van der Waals surface area contributed by atoms with Gasteiger partial charge >= 0.3 is 0 Å². The fraction of sp³-hybridized carbons (Fsp3) is 0.462. The Morgan fingerprint density at radius 1 is 1.41 bits per heavy atom. The van der Waals surface area contributed by atoms with E-state index in [4.69, 9.17) is 5.73 Å². The topological polar surface area (TPSA) is 46.3 Å². The summed E-state index contributed by atoms with van der Waals surface area (Å²) in [6.07, 6.45) is 1.49. The zero-order chi connectivity index (χ0) is 12.3. The van der Waals surface area contributed by atoms with Crippen LogP contribution in [-0.2, 0) is 11.2 Å². The van der Waals surface area contributed by atoms with Crippen molar-refractivity contribution in [2.45, 2.75) is 24.7 Å². The van der Waals surface area contributed by atoms with E-state index in [2.05, 4.69) is 18.2 Å². The van der Waals surface area contributed by atoms with E-state index in [0.29, 0.717) is 13.0 Å². The van der Waals surface area contributed by atoms with E-state index in [1.165, 1.54) is 10.5 Å². The van der Waals surface area contributed by atoms with Crippen molar-refractivity contribution >= 4 is 23.4 Å². The van der Waals surface area contributed by atoms with Crippen LogP contribution >= 0.6 is 11.8 Å². The number of aryl methyl sites for hydroxylation is 1. The Hall–Kier alpha value is -1.00. The maximum Gasteiger partial charge on any atom is 0.227 e. The van der Waals surface area contributed by atoms with Gasteiger partial charge in [0, 0.05) is 35.8 Å². The largest absolute Gasteiger partial charge is 0.330 e. The van der Waals surface area contributed by atoms with Crippen molar-refractivity contribution in [1.82, 2.24) is 0 Å². The minimum absolute atomic E-state index is 0.238. The monoisotopic (exact) mass is 250 g/mol. The average Bonchev–Trinajstić information content (AvgIpc) is 2.36. The lowest BCUT2D eigenvalue weighted by molar-refractivity contribution is -0.118. The molecule has 92 valence electrons. The van der Waals surface area contributed by atoms with Gasteiger partial charge in [-0.15, -0.1) is 11.8 Å². The highest BCUT2D eigenvalue weighted by molar-refractivity contribution is 7.99. The van der Waals surface area contributed by atoms with E-state index in [-0.39, 0.29) is 5.91 Å². The Balaban J connectivity index is 2.24. The van der Waals surface area contributed by atoms with E-state index >= 15 is 0 Å². The maximum atomic E-state index is 11.7. The summed E-state index contributed by atoms with van der Waals surface area (Å²) < 4.78 is 0. The summed E-state index contributed by atoms with van der Waals surface area (Å²) >= 11 is 1.77. The van der Waals surface area contributed by atoms with Gasteiger partial charge in [0.25, 0.3) is 0 Å². The van der Waals surface area contributed by atoms with Crippen molar-refractivity contribution in [3.8, 4) is 0 Å². The van der Waals surface area contributed by atoms with Gasteiger partial charge in [-0.2, -0.15) is 0 Å². The Bertz CT molecular complexity index is 420. The van der Waals surface area contributed by atoms with Crippen LogP contribution in [-0.4, -0.2) is 24.7 Å². The SMILES string of the molecule is CCN1C(=O)CCc2cc(SCCN)ccc21. The quantitative estimate of drug-likeness (QED) is 0.832. The number of carbonyl (C=O) groups excluding carboxylic acids is 1. The van der Waals surface area contributed by atoms with Gasteiger partial charge in [0.2, 0.25) is 5.91 Å². The molecule has 0 saturated heterocycles. The molecule has 17 heavy (non-hydrogen) atoms. The van der Waals surface area contributed by atoms with Crippen LogP contribution in [0.1, 0.15) is 18.9 Å². The van der Waals surface area contributed by atoms with Gasteiger partial charge in [-0.05, 0) is 37.1 Å². The second-order valence-corrected chi connectivity index (χ2v) is 5.23. The van der Waals surface area contributed by atoms with E-state index in [1.54, 1.807) is 11.8 Å². The number of fused-ring (bicyclic) bond motifs is 1. The van der Waals surface area contributed by atoms with E-state index in [1.807, 2.05) is 11.8 Å². The zero-order valence-corrected chi connectivity index (χ0v) is 10.9. The van der Waals surface area contributed by atoms with Crippen LogP contribution in [0.3, 0.4) is 0 Å². The van der Waals surface area contributed by atoms with Crippen LogP contribution in [0.25, 0.3) is 0 Å². The average molecular weight is 250 g/mol. The number of anilines is 1. The lowest BCUT2D eigenvalue weighted by Crippen LogP contribution is -2.34. The molecule has 4 heteroatoms. The van der Waals surface area contributed by atoms with Crippen LogP contribution in [0, 0.1) is 0 Å². The molecule has 1 aromatic carbocycles. The Kier molecular flexibility index (Phi) is 4.07. The number of hydrogen-bond acceptors (Lipinski definition) is 3. The minimum Gasteiger partial charge on any atom is -0.330 e. The number of rotatable bonds is 4. The molecule has 0 fully saturated rings. The van der Waals surface area contributed by atoms with Crippen molar-refractivity contribution in [2.75, 3.05) is 23.7 Å². The fourth-order valence-electron chi connectivity index (χ4n) is 2.15. The molecule has 2 rings (SSSR count). The first-order chi connectivity index (χ1) is 8.26. The molecule has 1 aliphatic heterocycles. The van der Waals surface area contributed by atoms with Crippen molar-refractivity contribution in [2.24, 2.45) is 5.73 Å². The van der Waals surface area contributed by atoms with Crippen molar-refractivity contribution in [3.05, 3.63) is 23.8 Å². The second kappa shape index (κ2) is 5.56. The summed E-state index contributed by atoms with van der Waals surface area (Å²) in [5, 5.41) is 0. The van der Waals surface area contributed by atoms with Crippen molar-refractivity contribution < 1.29 is 4.79 Å². The Labute approximate surface area is 106 Å². The third-order valence-corrected chi connectivity index (χ3v) is 3.98. The highest BCUT2D eigenvalue weighted by Crippen LogP contribution is 2.31. The second-order valence-electron chi connectivity index (χ2n) is 4.07. The van der Waals surface area contributed by atoms with E-state index in [9.17, 15) is 4.79 Å². The first kappa shape index (κ1) is 12.5. The molecule has 3 nitrogen and oxygen atoms in total. The minimum atomic E-state index is 0.238.